The van der Waals surface area contributed by atoms with Gasteiger partial charge in [0.05, 0.1) is 16.9 Å². The fourth-order valence-electron chi connectivity index (χ4n) is 1.99. The fourth-order valence-corrected chi connectivity index (χ4v) is 2.36. The molecule has 1 aromatic heterocycles. The molecule has 1 heterocycles. The lowest BCUT2D eigenvalue weighted by Crippen LogP contribution is -1.97. The SMILES string of the molecule is Nc1ccc(Br)cc1Nc1cccc2ncccc12. The molecule has 0 radical (unpaired) electrons. The average molecular weight is 314 g/mol. The van der Waals surface area contributed by atoms with E-state index in [1.54, 1.807) is 6.20 Å². The van der Waals surface area contributed by atoms with Crippen LogP contribution < -0.4 is 11.1 Å². The fraction of sp³-hybridized carbons (Fsp3) is 0. The summed E-state index contributed by atoms with van der Waals surface area (Å²) in [5.41, 5.74) is 9.53. The zero-order valence-corrected chi connectivity index (χ0v) is 11.7. The van der Waals surface area contributed by atoms with Crippen LogP contribution in [-0.2, 0) is 0 Å². The Morgan fingerprint density at radius 3 is 2.79 bits per heavy atom. The van der Waals surface area contributed by atoms with Gasteiger partial charge in [-0.2, -0.15) is 0 Å². The van der Waals surface area contributed by atoms with Gasteiger partial charge in [-0.3, -0.25) is 4.98 Å². The normalized spacial score (nSPS) is 10.6. The van der Waals surface area contributed by atoms with Crippen LogP contribution in [0.4, 0.5) is 17.1 Å². The standard InChI is InChI=1S/C15H12BrN3/c16-10-6-7-12(17)15(9-10)19-14-5-1-4-13-11(14)3-2-8-18-13/h1-9,19H,17H2. The van der Waals surface area contributed by atoms with Crippen LogP contribution in [0.2, 0.25) is 0 Å². The number of nitrogen functional groups attached to an aromatic ring is 1. The van der Waals surface area contributed by atoms with Crippen LogP contribution in [-0.4, -0.2) is 4.98 Å². The van der Waals surface area contributed by atoms with Crippen LogP contribution >= 0.6 is 15.9 Å². The molecule has 4 heteroatoms. The third kappa shape index (κ3) is 2.39. The molecule has 0 fully saturated rings. The molecule has 3 aromatic rings. The molecule has 3 nitrogen and oxygen atoms in total. The van der Waals surface area contributed by atoms with Gasteiger partial charge in [0, 0.05) is 21.7 Å². The number of nitrogens with two attached hydrogens (primary N) is 1. The number of rotatable bonds is 2. The van der Waals surface area contributed by atoms with Crippen molar-refractivity contribution in [2.45, 2.75) is 0 Å². The van der Waals surface area contributed by atoms with Crippen molar-refractivity contribution in [1.29, 1.82) is 0 Å². The van der Waals surface area contributed by atoms with E-state index < -0.39 is 0 Å². The van der Waals surface area contributed by atoms with Gasteiger partial charge >= 0.3 is 0 Å². The highest BCUT2D eigenvalue weighted by Crippen LogP contribution is 2.30. The first-order chi connectivity index (χ1) is 9.24. The molecule has 2 aromatic carbocycles. The molecule has 0 unspecified atom stereocenters. The van der Waals surface area contributed by atoms with Crippen molar-refractivity contribution in [3.63, 3.8) is 0 Å². The van der Waals surface area contributed by atoms with E-state index in [-0.39, 0.29) is 0 Å². The lowest BCUT2D eigenvalue weighted by atomic mass is 10.1. The predicted molar refractivity (Wildman–Crippen MR) is 83.6 cm³/mol. The minimum absolute atomic E-state index is 0.712. The summed E-state index contributed by atoms with van der Waals surface area (Å²) >= 11 is 3.45. The zero-order valence-electron chi connectivity index (χ0n) is 10.1. The predicted octanol–water partition coefficient (Wildman–Crippen LogP) is 4.32. The molecule has 19 heavy (non-hydrogen) atoms. The molecule has 0 amide bonds. The average Bonchev–Trinajstić information content (AvgIpc) is 2.43. The van der Waals surface area contributed by atoms with Gasteiger partial charge in [0.1, 0.15) is 0 Å². The molecule has 3 rings (SSSR count). The van der Waals surface area contributed by atoms with Crippen LogP contribution in [0.25, 0.3) is 10.9 Å². The van der Waals surface area contributed by atoms with Crippen molar-refractivity contribution in [3.8, 4) is 0 Å². The minimum Gasteiger partial charge on any atom is -0.397 e. The molecule has 0 aliphatic rings. The molecule has 94 valence electrons. The highest BCUT2D eigenvalue weighted by atomic mass is 79.9. The van der Waals surface area contributed by atoms with Gasteiger partial charge < -0.3 is 11.1 Å². The molecule has 3 N–H and O–H groups in total. The summed E-state index contributed by atoms with van der Waals surface area (Å²) in [7, 11) is 0. The van der Waals surface area contributed by atoms with Crippen LogP contribution in [0.5, 0.6) is 0 Å². The van der Waals surface area contributed by atoms with Gasteiger partial charge in [-0.25, -0.2) is 0 Å². The van der Waals surface area contributed by atoms with Gasteiger partial charge in [-0.1, -0.05) is 22.0 Å². The Hall–Kier alpha value is -2.07. The summed E-state index contributed by atoms with van der Waals surface area (Å²) in [5, 5.41) is 4.43. The molecule has 0 saturated carbocycles. The Labute approximate surface area is 119 Å². The van der Waals surface area contributed by atoms with Crippen LogP contribution in [0.1, 0.15) is 0 Å². The lowest BCUT2D eigenvalue weighted by Gasteiger charge is -2.12. The number of aromatic nitrogens is 1. The highest BCUT2D eigenvalue weighted by molar-refractivity contribution is 9.10. The maximum absolute atomic E-state index is 5.98. The van der Waals surface area contributed by atoms with Gasteiger partial charge in [-0.05, 0) is 42.5 Å². The first kappa shape index (κ1) is 12.0. The number of fused-ring (bicyclic) bond motifs is 1. The van der Waals surface area contributed by atoms with Crippen LogP contribution in [0, 0.1) is 0 Å². The minimum atomic E-state index is 0.712. The van der Waals surface area contributed by atoms with Crippen LogP contribution in [0.15, 0.2) is 59.2 Å². The number of benzene rings is 2. The van der Waals surface area contributed by atoms with Crippen LogP contribution in [0.3, 0.4) is 0 Å². The first-order valence-electron chi connectivity index (χ1n) is 5.90. The van der Waals surface area contributed by atoms with Crippen molar-refractivity contribution in [1.82, 2.24) is 4.98 Å². The van der Waals surface area contributed by atoms with Gasteiger partial charge in [0.15, 0.2) is 0 Å². The first-order valence-corrected chi connectivity index (χ1v) is 6.69. The number of anilines is 3. The molecular weight excluding hydrogens is 302 g/mol. The number of hydrogen-bond donors (Lipinski definition) is 2. The summed E-state index contributed by atoms with van der Waals surface area (Å²) < 4.78 is 0.988. The van der Waals surface area contributed by atoms with E-state index in [1.807, 2.05) is 48.5 Å². The van der Waals surface area contributed by atoms with Crippen molar-refractivity contribution in [2.75, 3.05) is 11.1 Å². The summed E-state index contributed by atoms with van der Waals surface area (Å²) in [6.07, 6.45) is 1.79. The number of halogens is 1. The molecule has 0 saturated heterocycles. The number of hydrogen-bond acceptors (Lipinski definition) is 3. The molecular formula is C15H12BrN3. The Morgan fingerprint density at radius 2 is 1.89 bits per heavy atom. The highest BCUT2D eigenvalue weighted by Gasteiger charge is 2.04. The zero-order chi connectivity index (χ0) is 13.2. The van der Waals surface area contributed by atoms with E-state index in [1.165, 1.54) is 0 Å². The molecule has 0 aliphatic heterocycles. The van der Waals surface area contributed by atoms with E-state index in [9.17, 15) is 0 Å². The molecule has 0 bridgehead atoms. The van der Waals surface area contributed by atoms with E-state index in [0.717, 1.165) is 26.8 Å². The second kappa shape index (κ2) is 4.90. The smallest absolute Gasteiger partial charge is 0.0722 e. The Kier molecular flexibility index (Phi) is 3.09. The van der Waals surface area contributed by atoms with Crippen molar-refractivity contribution < 1.29 is 0 Å². The van der Waals surface area contributed by atoms with E-state index in [0.29, 0.717) is 5.69 Å². The largest absolute Gasteiger partial charge is 0.397 e. The van der Waals surface area contributed by atoms with E-state index in [2.05, 4.69) is 26.2 Å². The van der Waals surface area contributed by atoms with Gasteiger partial charge in [0.2, 0.25) is 0 Å². The maximum Gasteiger partial charge on any atom is 0.0722 e. The second-order valence-corrected chi connectivity index (χ2v) is 5.15. The molecule has 0 aliphatic carbocycles. The Balaban J connectivity index is 2.08. The molecule has 0 spiro atoms. The van der Waals surface area contributed by atoms with Crippen molar-refractivity contribution >= 4 is 43.9 Å². The Bertz CT molecular complexity index is 735. The monoisotopic (exact) mass is 313 g/mol. The Morgan fingerprint density at radius 1 is 1.00 bits per heavy atom. The van der Waals surface area contributed by atoms with Gasteiger partial charge in [0.25, 0.3) is 0 Å². The number of nitrogens with one attached hydrogen (secondary N) is 1. The van der Waals surface area contributed by atoms with E-state index >= 15 is 0 Å². The third-order valence-electron chi connectivity index (χ3n) is 2.93. The van der Waals surface area contributed by atoms with E-state index in [4.69, 9.17) is 5.73 Å². The van der Waals surface area contributed by atoms with Crippen molar-refractivity contribution in [2.24, 2.45) is 0 Å². The maximum atomic E-state index is 5.98. The second-order valence-electron chi connectivity index (χ2n) is 4.23. The summed E-state index contributed by atoms with van der Waals surface area (Å²) in [6.45, 7) is 0. The topological polar surface area (TPSA) is 50.9 Å². The summed E-state index contributed by atoms with van der Waals surface area (Å²) in [6, 6.07) is 15.7. The number of pyridine rings is 1. The quantitative estimate of drug-likeness (QED) is 0.693. The van der Waals surface area contributed by atoms with Gasteiger partial charge in [-0.15, -0.1) is 0 Å². The lowest BCUT2D eigenvalue weighted by molar-refractivity contribution is 1.41. The summed E-state index contributed by atoms with van der Waals surface area (Å²) in [5.74, 6) is 0. The number of nitrogens with zero attached hydrogens (tertiary/aromatic N) is 1. The summed E-state index contributed by atoms with van der Waals surface area (Å²) in [4.78, 5) is 4.34. The van der Waals surface area contributed by atoms with Crippen molar-refractivity contribution in [3.05, 3.63) is 59.2 Å². The third-order valence-corrected chi connectivity index (χ3v) is 3.42. The molecule has 0 atom stereocenters.